The van der Waals surface area contributed by atoms with E-state index in [2.05, 4.69) is 22.4 Å². The third-order valence-electron chi connectivity index (χ3n) is 1.54. The first-order valence-corrected chi connectivity index (χ1v) is 3.28. The zero-order valence-electron chi connectivity index (χ0n) is 7.02. The second-order valence-corrected chi connectivity index (χ2v) is 2.19. The molecule has 0 aliphatic heterocycles. The van der Waals surface area contributed by atoms with Gasteiger partial charge in [0.2, 0.25) is 0 Å². The van der Waals surface area contributed by atoms with Crippen molar-refractivity contribution < 1.29 is 0 Å². The summed E-state index contributed by atoms with van der Waals surface area (Å²) in [7, 11) is 1.92. The molecule has 3 nitrogen and oxygen atoms in total. The highest BCUT2D eigenvalue weighted by Crippen LogP contribution is 2.06. The van der Waals surface area contributed by atoms with Crippen LogP contribution >= 0.6 is 24.8 Å². The van der Waals surface area contributed by atoms with Crippen molar-refractivity contribution in [3.8, 4) is 0 Å². The van der Waals surface area contributed by atoms with Gasteiger partial charge in [0.25, 0.3) is 0 Å². The van der Waals surface area contributed by atoms with E-state index in [0.717, 1.165) is 5.56 Å². The summed E-state index contributed by atoms with van der Waals surface area (Å²) >= 11 is 0. The summed E-state index contributed by atoms with van der Waals surface area (Å²) < 4.78 is 0. The lowest BCUT2D eigenvalue weighted by Crippen LogP contribution is -2.12. The van der Waals surface area contributed by atoms with Gasteiger partial charge in [-0.2, -0.15) is 10.2 Å². The molecule has 5 heteroatoms. The highest BCUT2D eigenvalue weighted by atomic mass is 35.5. The molecule has 0 radical (unpaired) electrons. The lowest BCUT2D eigenvalue weighted by atomic mass is 10.2. The Bertz CT molecular complexity index is 193. The number of rotatable bonds is 2. The third-order valence-corrected chi connectivity index (χ3v) is 1.54. The lowest BCUT2D eigenvalue weighted by molar-refractivity contribution is 0.646. The van der Waals surface area contributed by atoms with Crippen molar-refractivity contribution in [3.63, 3.8) is 0 Å². The SMILES string of the molecule is CNC(C)c1ccnnc1.Cl.Cl. The summed E-state index contributed by atoms with van der Waals surface area (Å²) in [5.74, 6) is 0. The number of aromatic nitrogens is 2. The first-order valence-electron chi connectivity index (χ1n) is 3.28. The van der Waals surface area contributed by atoms with Gasteiger partial charge in [-0.25, -0.2) is 0 Å². The molecule has 1 heterocycles. The van der Waals surface area contributed by atoms with Crippen LogP contribution in [0.3, 0.4) is 0 Å². The van der Waals surface area contributed by atoms with E-state index in [1.807, 2.05) is 13.1 Å². The van der Waals surface area contributed by atoms with Gasteiger partial charge in [0.05, 0.1) is 6.20 Å². The standard InChI is InChI=1S/C7H11N3.2ClH/c1-6(8-2)7-3-4-9-10-5-7;;/h3-6,8H,1-2H3;2*1H. The molecule has 0 aromatic carbocycles. The molecule has 0 aliphatic rings. The minimum Gasteiger partial charge on any atom is -0.313 e. The first-order chi connectivity index (χ1) is 4.84. The smallest absolute Gasteiger partial charge is 0.0543 e. The molecule has 1 aromatic rings. The highest BCUT2D eigenvalue weighted by molar-refractivity contribution is 5.85. The molecule has 1 N–H and O–H groups in total. The first kappa shape index (κ1) is 14.2. The summed E-state index contributed by atoms with van der Waals surface area (Å²) in [5.41, 5.74) is 1.16. The molecule has 12 heavy (non-hydrogen) atoms. The van der Waals surface area contributed by atoms with E-state index >= 15 is 0 Å². The Morgan fingerprint density at radius 2 is 2.00 bits per heavy atom. The molecule has 1 rings (SSSR count). The minimum atomic E-state index is 0. The van der Waals surface area contributed by atoms with Gasteiger partial charge >= 0.3 is 0 Å². The number of hydrogen-bond acceptors (Lipinski definition) is 3. The monoisotopic (exact) mass is 209 g/mol. The fourth-order valence-corrected chi connectivity index (χ4v) is 0.724. The van der Waals surface area contributed by atoms with E-state index in [9.17, 15) is 0 Å². The molecule has 0 amide bonds. The van der Waals surface area contributed by atoms with Crippen LogP contribution in [-0.4, -0.2) is 17.2 Å². The van der Waals surface area contributed by atoms with E-state index in [0.29, 0.717) is 6.04 Å². The van der Waals surface area contributed by atoms with Crippen molar-refractivity contribution in [2.45, 2.75) is 13.0 Å². The van der Waals surface area contributed by atoms with Gasteiger partial charge in [0, 0.05) is 12.2 Å². The predicted molar refractivity (Wildman–Crippen MR) is 54.0 cm³/mol. The van der Waals surface area contributed by atoms with Crippen LogP contribution in [0.15, 0.2) is 18.5 Å². The number of hydrogen-bond donors (Lipinski definition) is 1. The minimum absolute atomic E-state index is 0. The second-order valence-electron chi connectivity index (χ2n) is 2.19. The Morgan fingerprint density at radius 1 is 1.33 bits per heavy atom. The maximum atomic E-state index is 3.76. The molecule has 1 aromatic heterocycles. The molecule has 0 fully saturated rings. The van der Waals surface area contributed by atoms with Gasteiger partial charge < -0.3 is 5.32 Å². The average molecular weight is 210 g/mol. The van der Waals surface area contributed by atoms with E-state index < -0.39 is 0 Å². The third kappa shape index (κ3) is 3.85. The summed E-state index contributed by atoms with van der Waals surface area (Å²) in [6, 6.07) is 2.31. The maximum Gasteiger partial charge on any atom is 0.0543 e. The topological polar surface area (TPSA) is 37.8 Å². The molecule has 0 bridgehead atoms. The van der Waals surface area contributed by atoms with Crippen molar-refractivity contribution in [3.05, 3.63) is 24.0 Å². The Kier molecular flexibility index (Phi) is 8.59. The summed E-state index contributed by atoms with van der Waals surface area (Å²) in [5, 5.41) is 10.6. The molecule has 0 aliphatic carbocycles. The summed E-state index contributed by atoms with van der Waals surface area (Å²) in [6.07, 6.45) is 3.46. The molecule has 0 saturated heterocycles. The summed E-state index contributed by atoms with van der Waals surface area (Å²) in [6.45, 7) is 2.08. The van der Waals surface area contributed by atoms with Crippen LogP contribution in [-0.2, 0) is 0 Å². The molecular formula is C7H13Cl2N3. The maximum absolute atomic E-state index is 3.76. The summed E-state index contributed by atoms with van der Waals surface area (Å²) in [4.78, 5) is 0. The van der Waals surface area contributed by atoms with Crippen LogP contribution in [0.2, 0.25) is 0 Å². The van der Waals surface area contributed by atoms with Gasteiger partial charge in [0.15, 0.2) is 0 Å². The van der Waals surface area contributed by atoms with Crippen LogP contribution < -0.4 is 5.32 Å². The van der Waals surface area contributed by atoms with Gasteiger partial charge in [-0.1, -0.05) is 0 Å². The second kappa shape index (κ2) is 7.28. The van der Waals surface area contributed by atoms with Crippen LogP contribution in [0.5, 0.6) is 0 Å². The van der Waals surface area contributed by atoms with Crippen molar-refractivity contribution in [2.24, 2.45) is 0 Å². The van der Waals surface area contributed by atoms with Crippen molar-refractivity contribution in [2.75, 3.05) is 7.05 Å². The zero-order chi connectivity index (χ0) is 7.40. The van der Waals surface area contributed by atoms with Gasteiger partial charge in [-0.05, 0) is 25.6 Å². The van der Waals surface area contributed by atoms with E-state index in [4.69, 9.17) is 0 Å². The molecular weight excluding hydrogens is 197 g/mol. The molecule has 0 saturated carbocycles. The Hall–Kier alpha value is -0.380. The van der Waals surface area contributed by atoms with Gasteiger partial charge in [0.1, 0.15) is 0 Å². The number of halogens is 2. The fourth-order valence-electron chi connectivity index (χ4n) is 0.724. The van der Waals surface area contributed by atoms with E-state index in [1.165, 1.54) is 0 Å². The van der Waals surface area contributed by atoms with Crippen LogP contribution in [0, 0.1) is 0 Å². The van der Waals surface area contributed by atoms with Crippen LogP contribution in [0.1, 0.15) is 18.5 Å². The normalized spacial score (nSPS) is 10.8. The Balaban J connectivity index is 0. The zero-order valence-corrected chi connectivity index (χ0v) is 8.65. The average Bonchev–Trinajstić information content (AvgIpc) is 2.05. The van der Waals surface area contributed by atoms with Gasteiger partial charge in [-0.3, -0.25) is 0 Å². The van der Waals surface area contributed by atoms with E-state index in [-0.39, 0.29) is 24.8 Å². The Morgan fingerprint density at radius 3 is 2.42 bits per heavy atom. The van der Waals surface area contributed by atoms with Gasteiger partial charge in [-0.15, -0.1) is 24.8 Å². The van der Waals surface area contributed by atoms with Crippen LogP contribution in [0.4, 0.5) is 0 Å². The van der Waals surface area contributed by atoms with Crippen LogP contribution in [0.25, 0.3) is 0 Å². The van der Waals surface area contributed by atoms with E-state index in [1.54, 1.807) is 12.4 Å². The fraction of sp³-hybridized carbons (Fsp3) is 0.429. The predicted octanol–water partition coefficient (Wildman–Crippen LogP) is 1.60. The largest absolute Gasteiger partial charge is 0.313 e. The molecule has 0 spiro atoms. The lowest BCUT2D eigenvalue weighted by Gasteiger charge is -2.07. The van der Waals surface area contributed by atoms with Crippen molar-refractivity contribution in [1.29, 1.82) is 0 Å². The molecule has 1 atom stereocenters. The number of nitrogens with zero attached hydrogens (tertiary/aromatic N) is 2. The quantitative estimate of drug-likeness (QED) is 0.805. The van der Waals surface area contributed by atoms with Crippen molar-refractivity contribution in [1.82, 2.24) is 15.5 Å². The molecule has 70 valence electrons. The van der Waals surface area contributed by atoms with Crippen molar-refractivity contribution >= 4 is 24.8 Å². The highest BCUT2D eigenvalue weighted by Gasteiger charge is 1.99. The Labute approximate surface area is 84.8 Å². The number of nitrogens with one attached hydrogen (secondary N) is 1. The molecule has 1 unspecified atom stereocenters.